The molecule has 1 heterocycles. The molecule has 0 radical (unpaired) electrons. The first kappa shape index (κ1) is 22.6. The summed E-state index contributed by atoms with van der Waals surface area (Å²) in [6, 6.07) is 0.829. The van der Waals surface area contributed by atoms with Crippen molar-refractivity contribution in [1.82, 2.24) is 4.90 Å². The highest BCUT2D eigenvalue weighted by Crippen LogP contribution is 2.48. The van der Waals surface area contributed by atoms with Gasteiger partial charge < -0.3 is 14.4 Å². The average molecular weight is 394 g/mol. The largest absolute Gasteiger partial charge is 0.347 e. The monoisotopic (exact) mass is 393 g/mol. The molecule has 1 saturated heterocycles. The van der Waals surface area contributed by atoms with Crippen molar-refractivity contribution in [3.8, 4) is 0 Å². The first-order chi connectivity index (χ1) is 13.3. The Hall–Kier alpha value is -0.120. The molecule has 0 bridgehead atoms. The van der Waals surface area contributed by atoms with Crippen LogP contribution in [0.1, 0.15) is 105 Å². The molecule has 28 heavy (non-hydrogen) atoms. The molecule has 3 aliphatic rings. The Labute approximate surface area is 174 Å². The molecule has 0 amide bonds. The van der Waals surface area contributed by atoms with E-state index in [9.17, 15) is 0 Å². The molecular formula is C25H47NO2. The Morgan fingerprint density at radius 3 is 2.32 bits per heavy atom. The highest BCUT2D eigenvalue weighted by atomic mass is 16.7. The van der Waals surface area contributed by atoms with Crippen LogP contribution >= 0.6 is 0 Å². The summed E-state index contributed by atoms with van der Waals surface area (Å²) in [5, 5.41) is 0. The number of hydrogen-bond donors (Lipinski definition) is 0. The number of ether oxygens (including phenoxy) is 2. The average Bonchev–Trinajstić information content (AvgIpc) is 3.29. The Kier molecular flexibility index (Phi) is 7.89. The fourth-order valence-corrected chi connectivity index (χ4v) is 6.42. The van der Waals surface area contributed by atoms with Gasteiger partial charge in [0.05, 0.1) is 12.7 Å². The van der Waals surface area contributed by atoms with E-state index >= 15 is 0 Å². The lowest BCUT2D eigenvalue weighted by molar-refractivity contribution is -0.198. The molecule has 3 heteroatoms. The molecule has 0 aromatic heterocycles. The minimum Gasteiger partial charge on any atom is -0.347 e. The van der Waals surface area contributed by atoms with E-state index in [2.05, 4.69) is 39.5 Å². The quantitative estimate of drug-likeness (QED) is 0.452. The fraction of sp³-hybridized carbons (Fsp3) is 1.00. The Balaban J connectivity index is 1.45. The standard InChI is InChI=1S/C25H47NO2/c1-6-16-26(22-9-7-8-10-22)17-13-23-19-27-25(28-23)14-11-21(12-15-25)24(4,5)18-20(2)3/h20-23H,6-19H2,1-5H3. The first-order valence-electron chi connectivity index (χ1n) is 12.4. The van der Waals surface area contributed by atoms with Crippen molar-refractivity contribution in [3.63, 3.8) is 0 Å². The molecule has 1 atom stereocenters. The van der Waals surface area contributed by atoms with Crippen molar-refractivity contribution >= 4 is 0 Å². The van der Waals surface area contributed by atoms with Gasteiger partial charge in [0.15, 0.2) is 5.79 Å². The van der Waals surface area contributed by atoms with Gasteiger partial charge in [-0.15, -0.1) is 0 Å². The summed E-state index contributed by atoms with van der Waals surface area (Å²) in [5.74, 6) is 1.34. The molecule has 2 aliphatic carbocycles. The zero-order valence-corrected chi connectivity index (χ0v) is 19.5. The smallest absolute Gasteiger partial charge is 0.168 e. The highest BCUT2D eigenvalue weighted by molar-refractivity contribution is 4.91. The molecule has 1 aliphatic heterocycles. The van der Waals surface area contributed by atoms with Crippen molar-refractivity contribution < 1.29 is 9.47 Å². The second-order valence-electron chi connectivity index (χ2n) is 11.1. The molecule has 1 unspecified atom stereocenters. The van der Waals surface area contributed by atoms with E-state index in [1.165, 1.54) is 64.5 Å². The number of hydrogen-bond acceptors (Lipinski definition) is 3. The zero-order chi connectivity index (χ0) is 20.2. The Morgan fingerprint density at radius 2 is 1.71 bits per heavy atom. The summed E-state index contributed by atoms with van der Waals surface area (Å²) in [6.07, 6.45) is 14.4. The van der Waals surface area contributed by atoms with Crippen LogP contribution in [0.25, 0.3) is 0 Å². The molecule has 2 saturated carbocycles. The van der Waals surface area contributed by atoms with Gasteiger partial charge in [-0.3, -0.25) is 0 Å². The lowest BCUT2D eigenvalue weighted by Gasteiger charge is -2.43. The maximum Gasteiger partial charge on any atom is 0.168 e. The minimum atomic E-state index is -0.252. The van der Waals surface area contributed by atoms with E-state index in [-0.39, 0.29) is 5.79 Å². The molecular weight excluding hydrogens is 346 g/mol. The van der Waals surface area contributed by atoms with Crippen molar-refractivity contribution in [2.45, 2.75) is 123 Å². The summed E-state index contributed by atoms with van der Waals surface area (Å²) >= 11 is 0. The summed E-state index contributed by atoms with van der Waals surface area (Å²) in [6.45, 7) is 15.2. The van der Waals surface area contributed by atoms with Crippen LogP contribution in [0.4, 0.5) is 0 Å². The number of rotatable bonds is 9. The van der Waals surface area contributed by atoms with E-state index < -0.39 is 0 Å². The van der Waals surface area contributed by atoms with E-state index in [4.69, 9.17) is 9.47 Å². The molecule has 3 nitrogen and oxygen atoms in total. The summed E-state index contributed by atoms with van der Waals surface area (Å²) in [4.78, 5) is 2.74. The topological polar surface area (TPSA) is 21.7 Å². The van der Waals surface area contributed by atoms with Gasteiger partial charge in [0.2, 0.25) is 0 Å². The third-order valence-corrected chi connectivity index (χ3v) is 7.79. The summed E-state index contributed by atoms with van der Waals surface area (Å²) < 4.78 is 12.9. The van der Waals surface area contributed by atoms with E-state index in [1.54, 1.807) is 0 Å². The second kappa shape index (κ2) is 9.79. The molecule has 0 aromatic carbocycles. The predicted octanol–water partition coefficient (Wildman–Crippen LogP) is 6.41. The van der Waals surface area contributed by atoms with E-state index in [1.807, 2.05) is 0 Å². The molecule has 0 N–H and O–H groups in total. The van der Waals surface area contributed by atoms with E-state index in [0.29, 0.717) is 11.5 Å². The first-order valence-corrected chi connectivity index (χ1v) is 12.4. The lowest BCUT2D eigenvalue weighted by atomic mass is 9.66. The summed E-state index contributed by atoms with van der Waals surface area (Å²) in [7, 11) is 0. The van der Waals surface area contributed by atoms with Crippen LogP contribution in [0, 0.1) is 17.3 Å². The third-order valence-electron chi connectivity index (χ3n) is 7.79. The van der Waals surface area contributed by atoms with Crippen molar-refractivity contribution in [3.05, 3.63) is 0 Å². The van der Waals surface area contributed by atoms with Crippen molar-refractivity contribution in [2.75, 3.05) is 19.7 Å². The predicted molar refractivity (Wildman–Crippen MR) is 117 cm³/mol. The van der Waals surface area contributed by atoms with Crippen LogP contribution in [0.15, 0.2) is 0 Å². The molecule has 1 spiro atoms. The normalized spacial score (nSPS) is 32.2. The zero-order valence-electron chi connectivity index (χ0n) is 19.5. The van der Waals surface area contributed by atoms with Gasteiger partial charge in [-0.2, -0.15) is 0 Å². The van der Waals surface area contributed by atoms with Crippen LogP contribution in [-0.2, 0) is 9.47 Å². The van der Waals surface area contributed by atoms with Gasteiger partial charge in [-0.1, -0.05) is 47.5 Å². The fourth-order valence-electron chi connectivity index (χ4n) is 6.42. The van der Waals surface area contributed by atoms with Gasteiger partial charge >= 0.3 is 0 Å². The second-order valence-corrected chi connectivity index (χ2v) is 11.1. The maximum atomic E-state index is 6.57. The van der Waals surface area contributed by atoms with Gasteiger partial charge in [-0.05, 0) is 68.7 Å². The SMILES string of the molecule is CCCN(CCC1COC2(CCC(C(C)(C)CC(C)C)CC2)O1)C1CCCC1. The maximum absolute atomic E-state index is 6.57. The summed E-state index contributed by atoms with van der Waals surface area (Å²) in [5.41, 5.74) is 0.440. The van der Waals surface area contributed by atoms with Crippen LogP contribution in [0.5, 0.6) is 0 Å². The van der Waals surface area contributed by atoms with Gasteiger partial charge in [-0.25, -0.2) is 0 Å². The minimum absolute atomic E-state index is 0.252. The Morgan fingerprint density at radius 1 is 1.04 bits per heavy atom. The van der Waals surface area contributed by atoms with E-state index in [0.717, 1.165) is 43.7 Å². The van der Waals surface area contributed by atoms with Gasteiger partial charge in [0.1, 0.15) is 0 Å². The Bertz CT molecular complexity index is 461. The van der Waals surface area contributed by atoms with Gasteiger partial charge in [0.25, 0.3) is 0 Å². The van der Waals surface area contributed by atoms with Crippen LogP contribution in [0.3, 0.4) is 0 Å². The highest BCUT2D eigenvalue weighted by Gasteiger charge is 2.46. The molecule has 3 fully saturated rings. The van der Waals surface area contributed by atoms with Crippen molar-refractivity contribution in [1.29, 1.82) is 0 Å². The van der Waals surface area contributed by atoms with Crippen LogP contribution in [0.2, 0.25) is 0 Å². The molecule has 3 rings (SSSR count). The van der Waals surface area contributed by atoms with Crippen molar-refractivity contribution in [2.24, 2.45) is 17.3 Å². The van der Waals surface area contributed by atoms with Gasteiger partial charge in [0, 0.05) is 25.4 Å². The lowest BCUT2D eigenvalue weighted by Crippen LogP contribution is -2.40. The molecule has 164 valence electrons. The third kappa shape index (κ3) is 5.73. The van der Waals surface area contributed by atoms with Crippen LogP contribution < -0.4 is 0 Å². The number of nitrogens with zero attached hydrogens (tertiary/aromatic N) is 1. The van der Waals surface area contributed by atoms with Crippen LogP contribution in [-0.4, -0.2) is 42.5 Å². The molecule has 0 aromatic rings.